The van der Waals surface area contributed by atoms with Crippen molar-refractivity contribution in [2.75, 3.05) is 13.7 Å². The van der Waals surface area contributed by atoms with Crippen LogP contribution in [-0.4, -0.2) is 25.8 Å². The number of likely N-dealkylation sites (N-methyl/N-ethyl adjacent to an activating group) is 1. The van der Waals surface area contributed by atoms with Gasteiger partial charge in [0.2, 0.25) is 0 Å². The molecule has 0 saturated carbocycles. The average Bonchev–Trinajstić information content (AvgIpc) is 2.35. The largest absolute Gasteiger partial charge is 0.380 e. The summed E-state index contributed by atoms with van der Waals surface area (Å²) in [5, 5.41) is 3.56. The predicted molar refractivity (Wildman–Crippen MR) is 78.1 cm³/mol. The summed E-state index contributed by atoms with van der Waals surface area (Å²) in [6.07, 6.45) is 3.61. The van der Waals surface area contributed by atoms with Crippen LogP contribution in [0.2, 0.25) is 0 Å². The quantitative estimate of drug-likeness (QED) is 0.763. The summed E-state index contributed by atoms with van der Waals surface area (Å²) in [4.78, 5) is 0. The number of methoxy groups -OCH3 is 1. The van der Waals surface area contributed by atoms with Gasteiger partial charge in [-0.1, -0.05) is 50.1 Å². The number of benzene rings is 1. The first-order valence-electron chi connectivity index (χ1n) is 7.03. The fourth-order valence-corrected chi connectivity index (χ4v) is 2.46. The molecular weight excluding hydrogens is 222 g/mol. The molecule has 0 aliphatic carbocycles. The Balaban J connectivity index is 2.72. The second-order valence-electron chi connectivity index (χ2n) is 4.92. The molecule has 2 unspecified atom stereocenters. The van der Waals surface area contributed by atoms with Crippen molar-refractivity contribution < 1.29 is 4.74 Å². The first-order chi connectivity index (χ1) is 8.71. The molecule has 2 atom stereocenters. The summed E-state index contributed by atoms with van der Waals surface area (Å²) in [6.45, 7) is 7.50. The second kappa shape index (κ2) is 8.28. The molecule has 1 N–H and O–H groups in total. The van der Waals surface area contributed by atoms with Gasteiger partial charge in [0, 0.05) is 13.2 Å². The molecule has 0 amide bonds. The van der Waals surface area contributed by atoms with Gasteiger partial charge in [-0.3, -0.25) is 0 Å². The maximum absolute atomic E-state index is 5.65. The minimum absolute atomic E-state index is 0.301. The normalized spacial score (nSPS) is 14.4. The van der Waals surface area contributed by atoms with Crippen LogP contribution in [0.4, 0.5) is 0 Å². The van der Waals surface area contributed by atoms with Gasteiger partial charge in [-0.2, -0.15) is 0 Å². The highest BCUT2D eigenvalue weighted by molar-refractivity contribution is 5.23. The van der Waals surface area contributed by atoms with Crippen molar-refractivity contribution in [3.05, 3.63) is 35.4 Å². The Labute approximate surface area is 112 Å². The number of ether oxygens (including phenoxy) is 1. The first kappa shape index (κ1) is 15.2. The summed E-state index contributed by atoms with van der Waals surface area (Å²) in [5.41, 5.74) is 2.71. The number of aryl methyl sites for hydroxylation is 1. The topological polar surface area (TPSA) is 21.3 Å². The van der Waals surface area contributed by atoms with Crippen molar-refractivity contribution in [2.45, 2.75) is 52.2 Å². The van der Waals surface area contributed by atoms with Crippen LogP contribution >= 0.6 is 0 Å². The van der Waals surface area contributed by atoms with Gasteiger partial charge in [0.25, 0.3) is 0 Å². The maximum atomic E-state index is 5.65. The predicted octanol–water partition coefficient (Wildman–Crippen LogP) is 3.33. The fraction of sp³-hybridized carbons (Fsp3) is 0.625. The zero-order valence-electron chi connectivity index (χ0n) is 12.2. The third-order valence-corrected chi connectivity index (χ3v) is 3.33. The lowest BCUT2D eigenvalue weighted by Crippen LogP contribution is -2.42. The van der Waals surface area contributed by atoms with Crippen LogP contribution in [-0.2, 0) is 11.2 Å². The minimum Gasteiger partial charge on any atom is -0.380 e. The summed E-state index contributed by atoms with van der Waals surface area (Å²) in [7, 11) is 1.82. The van der Waals surface area contributed by atoms with Crippen molar-refractivity contribution in [3.63, 3.8) is 0 Å². The van der Waals surface area contributed by atoms with E-state index >= 15 is 0 Å². The molecule has 2 heteroatoms. The van der Waals surface area contributed by atoms with E-state index in [1.165, 1.54) is 11.1 Å². The molecule has 2 nitrogen and oxygen atoms in total. The number of nitrogens with one attached hydrogen (secondary N) is 1. The molecule has 0 aliphatic heterocycles. The van der Waals surface area contributed by atoms with E-state index in [2.05, 4.69) is 50.4 Å². The number of hydrogen-bond donors (Lipinski definition) is 1. The Kier molecular flexibility index (Phi) is 6.99. The van der Waals surface area contributed by atoms with Crippen LogP contribution < -0.4 is 5.32 Å². The van der Waals surface area contributed by atoms with Gasteiger partial charge in [0.05, 0.1) is 6.10 Å². The monoisotopic (exact) mass is 249 g/mol. The number of rotatable bonds is 8. The molecule has 0 bridgehead atoms. The van der Waals surface area contributed by atoms with Crippen molar-refractivity contribution in [1.82, 2.24) is 5.32 Å². The summed E-state index contributed by atoms with van der Waals surface area (Å²) >= 11 is 0. The molecule has 0 fully saturated rings. The molecule has 0 aromatic heterocycles. The minimum atomic E-state index is 0.301. The maximum Gasteiger partial charge on any atom is 0.0727 e. The highest BCUT2D eigenvalue weighted by Crippen LogP contribution is 2.13. The van der Waals surface area contributed by atoms with Crippen molar-refractivity contribution in [3.8, 4) is 0 Å². The van der Waals surface area contributed by atoms with Crippen molar-refractivity contribution in [1.29, 1.82) is 0 Å². The van der Waals surface area contributed by atoms with E-state index in [9.17, 15) is 0 Å². The highest BCUT2D eigenvalue weighted by atomic mass is 16.5. The van der Waals surface area contributed by atoms with Crippen LogP contribution in [0.25, 0.3) is 0 Å². The molecule has 18 heavy (non-hydrogen) atoms. The molecule has 0 radical (unpaired) electrons. The van der Waals surface area contributed by atoms with Crippen LogP contribution in [0.3, 0.4) is 0 Å². The zero-order chi connectivity index (χ0) is 13.4. The summed E-state index contributed by atoms with van der Waals surface area (Å²) in [5.74, 6) is 0. The van der Waals surface area contributed by atoms with E-state index in [4.69, 9.17) is 4.74 Å². The molecule has 1 rings (SSSR count). The average molecular weight is 249 g/mol. The summed E-state index contributed by atoms with van der Waals surface area (Å²) < 4.78 is 5.65. The number of hydrogen-bond acceptors (Lipinski definition) is 2. The first-order valence-corrected chi connectivity index (χ1v) is 7.03. The van der Waals surface area contributed by atoms with Gasteiger partial charge in [-0.25, -0.2) is 0 Å². The van der Waals surface area contributed by atoms with E-state index in [-0.39, 0.29) is 0 Å². The standard InChI is InChI=1S/C16H27NO/c1-5-8-16(18-4)15(17-6-2)12-14-10-7-9-13(3)11-14/h7,9-11,15-17H,5-6,8,12H2,1-4H3. The lowest BCUT2D eigenvalue weighted by Gasteiger charge is -2.27. The van der Waals surface area contributed by atoms with Crippen LogP contribution in [0.1, 0.15) is 37.8 Å². The molecule has 102 valence electrons. The van der Waals surface area contributed by atoms with E-state index < -0.39 is 0 Å². The smallest absolute Gasteiger partial charge is 0.0727 e. The third kappa shape index (κ3) is 4.79. The van der Waals surface area contributed by atoms with Crippen molar-refractivity contribution >= 4 is 0 Å². The molecule has 0 aliphatic rings. The molecule has 0 heterocycles. The van der Waals surface area contributed by atoms with Gasteiger partial charge >= 0.3 is 0 Å². The zero-order valence-corrected chi connectivity index (χ0v) is 12.2. The Hall–Kier alpha value is -0.860. The van der Waals surface area contributed by atoms with Crippen LogP contribution in [0.5, 0.6) is 0 Å². The van der Waals surface area contributed by atoms with Crippen LogP contribution in [0, 0.1) is 6.92 Å². The van der Waals surface area contributed by atoms with E-state index in [1.807, 2.05) is 7.11 Å². The van der Waals surface area contributed by atoms with E-state index in [0.29, 0.717) is 12.1 Å². The Bertz CT molecular complexity index is 338. The Morgan fingerprint density at radius 2 is 2.06 bits per heavy atom. The van der Waals surface area contributed by atoms with Crippen LogP contribution in [0.15, 0.2) is 24.3 Å². The molecule has 1 aromatic carbocycles. The van der Waals surface area contributed by atoms with Gasteiger partial charge in [-0.15, -0.1) is 0 Å². The molecular formula is C16H27NO. The molecule has 1 aromatic rings. The van der Waals surface area contributed by atoms with Gasteiger partial charge in [0.1, 0.15) is 0 Å². The Morgan fingerprint density at radius 1 is 1.28 bits per heavy atom. The SMILES string of the molecule is CCCC(OC)C(Cc1cccc(C)c1)NCC. The fourth-order valence-electron chi connectivity index (χ4n) is 2.46. The second-order valence-corrected chi connectivity index (χ2v) is 4.92. The van der Waals surface area contributed by atoms with Gasteiger partial charge < -0.3 is 10.1 Å². The van der Waals surface area contributed by atoms with Gasteiger partial charge in [0.15, 0.2) is 0 Å². The third-order valence-electron chi connectivity index (χ3n) is 3.33. The summed E-state index contributed by atoms with van der Waals surface area (Å²) in [6, 6.07) is 9.15. The lowest BCUT2D eigenvalue weighted by atomic mass is 9.97. The van der Waals surface area contributed by atoms with E-state index in [0.717, 1.165) is 25.8 Å². The lowest BCUT2D eigenvalue weighted by molar-refractivity contribution is 0.0614. The Morgan fingerprint density at radius 3 is 2.61 bits per heavy atom. The molecule has 0 spiro atoms. The van der Waals surface area contributed by atoms with E-state index in [1.54, 1.807) is 0 Å². The van der Waals surface area contributed by atoms with Gasteiger partial charge in [-0.05, 0) is 31.9 Å². The van der Waals surface area contributed by atoms with Crippen molar-refractivity contribution in [2.24, 2.45) is 0 Å². The highest BCUT2D eigenvalue weighted by Gasteiger charge is 2.19. The molecule has 0 saturated heterocycles.